The highest BCUT2D eigenvalue weighted by Crippen LogP contribution is 2.45. The molecule has 1 aromatic carbocycles. The first-order valence-electron chi connectivity index (χ1n) is 7.48. The van der Waals surface area contributed by atoms with Gasteiger partial charge in [-0.05, 0) is 65.5 Å². The van der Waals surface area contributed by atoms with Crippen molar-refractivity contribution in [3.8, 4) is 0 Å². The third-order valence-corrected chi connectivity index (χ3v) is 7.23. The van der Waals surface area contributed by atoms with Crippen LogP contribution in [0.15, 0.2) is 22.7 Å². The van der Waals surface area contributed by atoms with Gasteiger partial charge in [-0.3, -0.25) is 0 Å². The van der Waals surface area contributed by atoms with E-state index in [1.807, 2.05) is 24.9 Å². The Labute approximate surface area is 144 Å². The molecule has 2 aliphatic rings. The minimum Gasteiger partial charge on any atom is -0.374 e. The maximum absolute atomic E-state index is 6.51. The van der Waals surface area contributed by atoms with Crippen molar-refractivity contribution in [3.05, 3.63) is 33.3 Å². The number of thioether (sulfide) groups is 1. The summed E-state index contributed by atoms with van der Waals surface area (Å²) in [5.41, 5.74) is 1.31. The molecule has 1 N–H and O–H groups in total. The molecular weight excluding hydrogens is 370 g/mol. The zero-order valence-electron chi connectivity index (χ0n) is 12.2. The van der Waals surface area contributed by atoms with Crippen LogP contribution < -0.4 is 5.32 Å². The molecule has 5 heteroatoms. The molecule has 1 spiro atoms. The summed E-state index contributed by atoms with van der Waals surface area (Å²) in [7, 11) is 2.04. The van der Waals surface area contributed by atoms with Gasteiger partial charge in [0.15, 0.2) is 0 Å². The maximum atomic E-state index is 6.51. The second kappa shape index (κ2) is 6.79. The first-order chi connectivity index (χ1) is 10.2. The van der Waals surface area contributed by atoms with Crippen molar-refractivity contribution in [1.82, 2.24) is 5.32 Å². The van der Waals surface area contributed by atoms with Gasteiger partial charge in [0, 0.05) is 22.9 Å². The summed E-state index contributed by atoms with van der Waals surface area (Å²) in [5.74, 6) is 2.95. The van der Waals surface area contributed by atoms with E-state index < -0.39 is 0 Å². The number of hydrogen-bond donors (Lipinski definition) is 1. The van der Waals surface area contributed by atoms with Crippen LogP contribution in [0.3, 0.4) is 0 Å². The Morgan fingerprint density at radius 2 is 2.38 bits per heavy atom. The Kier molecular flexibility index (Phi) is 5.22. The Bertz CT molecular complexity index is 507. The summed E-state index contributed by atoms with van der Waals surface area (Å²) < 4.78 is 7.12. The molecule has 2 fully saturated rings. The Morgan fingerprint density at radius 1 is 1.52 bits per heavy atom. The molecule has 3 unspecified atom stereocenters. The smallest absolute Gasteiger partial charge is 0.0783 e. The normalized spacial score (nSPS) is 30.7. The van der Waals surface area contributed by atoms with Crippen molar-refractivity contribution in [2.45, 2.75) is 30.9 Å². The van der Waals surface area contributed by atoms with Crippen molar-refractivity contribution in [2.75, 3.05) is 25.2 Å². The number of rotatable bonds is 3. The molecule has 0 bridgehead atoms. The highest BCUT2D eigenvalue weighted by atomic mass is 79.9. The number of ether oxygens (including phenoxy) is 1. The van der Waals surface area contributed by atoms with Gasteiger partial charge in [-0.25, -0.2) is 0 Å². The van der Waals surface area contributed by atoms with Crippen molar-refractivity contribution >= 4 is 39.3 Å². The molecule has 116 valence electrons. The predicted molar refractivity (Wildman–Crippen MR) is 94.3 cm³/mol. The maximum Gasteiger partial charge on any atom is 0.0783 e. The number of halogens is 2. The minimum absolute atomic E-state index is 0.112. The third kappa shape index (κ3) is 3.30. The van der Waals surface area contributed by atoms with E-state index in [-0.39, 0.29) is 5.60 Å². The lowest BCUT2D eigenvalue weighted by Crippen LogP contribution is -2.43. The van der Waals surface area contributed by atoms with Crippen molar-refractivity contribution < 1.29 is 4.74 Å². The number of benzene rings is 1. The SMILES string of the molecule is CNC(c1cccc(Br)c1Cl)C1CCOC2(CCSC2)C1. The summed E-state index contributed by atoms with van der Waals surface area (Å²) in [4.78, 5) is 0. The van der Waals surface area contributed by atoms with Crippen LogP contribution in [0.4, 0.5) is 0 Å². The zero-order valence-corrected chi connectivity index (χ0v) is 15.4. The monoisotopic (exact) mass is 389 g/mol. The van der Waals surface area contributed by atoms with Gasteiger partial charge in [-0.2, -0.15) is 11.8 Å². The minimum atomic E-state index is 0.112. The van der Waals surface area contributed by atoms with E-state index >= 15 is 0 Å². The Hall–Kier alpha value is 0.260. The second-order valence-electron chi connectivity index (χ2n) is 6.00. The number of hydrogen-bond acceptors (Lipinski definition) is 3. The van der Waals surface area contributed by atoms with Crippen molar-refractivity contribution in [1.29, 1.82) is 0 Å². The van der Waals surface area contributed by atoms with Crippen LogP contribution in [0.25, 0.3) is 0 Å². The lowest BCUT2D eigenvalue weighted by atomic mass is 9.79. The highest BCUT2D eigenvalue weighted by molar-refractivity contribution is 9.10. The van der Waals surface area contributed by atoms with Crippen molar-refractivity contribution in [3.63, 3.8) is 0 Å². The largest absolute Gasteiger partial charge is 0.374 e. The molecule has 2 nitrogen and oxygen atoms in total. The lowest BCUT2D eigenvalue weighted by molar-refractivity contribution is -0.0850. The highest BCUT2D eigenvalue weighted by Gasteiger charge is 2.42. The van der Waals surface area contributed by atoms with Crippen LogP contribution in [0.2, 0.25) is 5.02 Å². The summed E-state index contributed by atoms with van der Waals surface area (Å²) in [6, 6.07) is 6.49. The van der Waals surface area contributed by atoms with E-state index in [0.29, 0.717) is 12.0 Å². The molecule has 2 heterocycles. The van der Waals surface area contributed by atoms with Crippen molar-refractivity contribution in [2.24, 2.45) is 5.92 Å². The van der Waals surface area contributed by atoms with E-state index in [9.17, 15) is 0 Å². The van der Waals surface area contributed by atoms with Gasteiger partial charge >= 0.3 is 0 Å². The van der Waals surface area contributed by atoms with Gasteiger partial charge in [0.1, 0.15) is 0 Å². The quantitative estimate of drug-likeness (QED) is 0.810. The van der Waals surface area contributed by atoms with E-state index in [0.717, 1.165) is 34.7 Å². The summed E-state index contributed by atoms with van der Waals surface area (Å²) in [6.07, 6.45) is 3.42. The average Bonchev–Trinajstić information content (AvgIpc) is 2.92. The fourth-order valence-electron chi connectivity index (χ4n) is 3.62. The van der Waals surface area contributed by atoms with Crippen LogP contribution in [-0.2, 0) is 4.74 Å². The molecule has 2 aliphatic heterocycles. The summed E-state index contributed by atoms with van der Waals surface area (Å²) in [6.45, 7) is 0.870. The molecule has 0 saturated carbocycles. The van der Waals surface area contributed by atoms with Gasteiger partial charge < -0.3 is 10.1 Å². The first kappa shape index (κ1) is 16.1. The second-order valence-corrected chi connectivity index (χ2v) is 8.33. The molecule has 21 heavy (non-hydrogen) atoms. The molecule has 2 saturated heterocycles. The summed E-state index contributed by atoms with van der Waals surface area (Å²) in [5, 5.41) is 4.33. The predicted octanol–water partition coefficient (Wildman–Crippen LogP) is 4.67. The van der Waals surface area contributed by atoms with Crippen LogP contribution in [0.1, 0.15) is 30.9 Å². The van der Waals surface area contributed by atoms with Crippen LogP contribution >= 0.6 is 39.3 Å². The van der Waals surface area contributed by atoms with Gasteiger partial charge in [0.2, 0.25) is 0 Å². The van der Waals surface area contributed by atoms with E-state index in [4.69, 9.17) is 16.3 Å². The molecule has 0 radical (unpaired) electrons. The molecule has 3 rings (SSSR count). The Balaban J connectivity index is 1.84. The molecule has 1 aromatic rings. The third-order valence-electron chi connectivity index (χ3n) is 4.70. The van der Waals surface area contributed by atoms with Crippen LogP contribution in [0, 0.1) is 5.92 Å². The van der Waals surface area contributed by atoms with Crippen LogP contribution in [-0.4, -0.2) is 30.8 Å². The summed E-state index contributed by atoms with van der Waals surface area (Å²) >= 11 is 12.1. The first-order valence-corrected chi connectivity index (χ1v) is 9.81. The molecule has 0 aromatic heterocycles. The van der Waals surface area contributed by atoms with E-state index in [1.165, 1.54) is 17.7 Å². The molecule has 3 atom stereocenters. The molecule has 0 aliphatic carbocycles. The van der Waals surface area contributed by atoms with Gasteiger partial charge in [-0.15, -0.1) is 0 Å². The van der Waals surface area contributed by atoms with E-state index in [2.05, 4.69) is 33.4 Å². The van der Waals surface area contributed by atoms with E-state index in [1.54, 1.807) is 0 Å². The molecular formula is C16H21BrClNOS. The fourth-order valence-corrected chi connectivity index (χ4v) is 5.62. The van der Waals surface area contributed by atoms with Crippen LogP contribution in [0.5, 0.6) is 0 Å². The average molecular weight is 391 g/mol. The standard InChI is InChI=1S/C16H21BrClNOS/c1-19-15(12-3-2-4-13(17)14(12)18)11-5-7-20-16(9-11)6-8-21-10-16/h2-4,11,15,19H,5-10H2,1H3. The van der Waals surface area contributed by atoms with Gasteiger partial charge in [-0.1, -0.05) is 23.7 Å². The van der Waals surface area contributed by atoms with Gasteiger partial charge in [0.25, 0.3) is 0 Å². The number of nitrogens with one attached hydrogen (secondary N) is 1. The Morgan fingerprint density at radius 3 is 3.10 bits per heavy atom. The fraction of sp³-hybridized carbons (Fsp3) is 0.625. The lowest BCUT2D eigenvalue weighted by Gasteiger charge is -2.41. The zero-order chi connectivity index (χ0) is 14.9. The van der Waals surface area contributed by atoms with Gasteiger partial charge in [0.05, 0.1) is 10.6 Å². The molecule has 0 amide bonds. The topological polar surface area (TPSA) is 21.3 Å².